The molecule has 5 nitrogen and oxygen atoms in total. The van der Waals surface area contributed by atoms with Crippen LogP contribution < -0.4 is 4.18 Å². The third-order valence-corrected chi connectivity index (χ3v) is 6.40. The first-order chi connectivity index (χ1) is 12.8. The monoisotopic (exact) mass is 409 g/mol. The molecule has 0 unspecified atom stereocenters. The number of hydrogen-bond acceptors (Lipinski definition) is 6. The van der Waals surface area contributed by atoms with Crippen molar-refractivity contribution in [2.75, 3.05) is 31.6 Å². The molecule has 1 aliphatic heterocycles. The quantitative estimate of drug-likeness (QED) is 0.394. The van der Waals surface area contributed by atoms with E-state index < -0.39 is 10.1 Å². The zero-order valence-electron chi connectivity index (χ0n) is 16.2. The zero-order valence-corrected chi connectivity index (χ0v) is 17.8. The summed E-state index contributed by atoms with van der Waals surface area (Å²) < 4.78 is 33.2. The standard InChI is InChI=1S/C20H27NO4S2/c1-15-13-20(16(2)24-15)26-12-4-9-21-10-7-17-5-6-19(25-27(3,22)23)14-18(17)8-11-21/h5-6,13-14H,4,7-12H2,1-3H3. The molecule has 0 saturated heterocycles. The summed E-state index contributed by atoms with van der Waals surface area (Å²) in [6, 6.07) is 7.74. The normalized spacial score (nSPS) is 15.4. The van der Waals surface area contributed by atoms with Gasteiger partial charge in [-0.25, -0.2) is 0 Å². The lowest BCUT2D eigenvalue weighted by Gasteiger charge is -2.19. The van der Waals surface area contributed by atoms with E-state index in [0.717, 1.165) is 62.4 Å². The number of aryl methyl sites for hydroxylation is 2. The van der Waals surface area contributed by atoms with Gasteiger partial charge in [-0.05, 0) is 74.7 Å². The highest BCUT2D eigenvalue weighted by Crippen LogP contribution is 2.26. The van der Waals surface area contributed by atoms with Crippen molar-refractivity contribution in [2.24, 2.45) is 0 Å². The molecule has 1 aromatic heterocycles. The number of fused-ring (bicyclic) bond motifs is 1. The van der Waals surface area contributed by atoms with Gasteiger partial charge in [0.1, 0.15) is 17.3 Å². The molecule has 7 heteroatoms. The first kappa shape index (κ1) is 20.3. The van der Waals surface area contributed by atoms with E-state index in [2.05, 4.69) is 11.0 Å². The first-order valence-electron chi connectivity index (χ1n) is 9.23. The predicted octanol–water partition coefficient (Wildman–Crippen LogP) is 3.82. The van der Waals surface area contributed by atoms with Crippen LogP contribution >= 0.6 is 11.8 Å². The first-order valence-corrected chi connectivity index (χ1v) is 12.0. The molecule has 0 spiro atoms. The van der Waals surface area contributed by atoms with Gasteiger partial charge in [-0.3, -0.25) is 0 Å². The molecule has 27 heavy (non-hydrogen) atoms. The lowest BCUT2D eigenvalue weighted by molar-refractivity contribution is 0.289. The maximum Gasteiger partial charge on any atom is 0.306 e. The molecule has 2 aromatic rings. The summed E-state index contributed by atoms with van der Waals surface area (Å²) in [5.74, 6) is 3.47. The summed E-state index contributed by atoms with van der Waals surface area (Å²) in [5.41, 5.74) is 2.48. The lowest BCUT2D eigenvalue weighted by Crippen LogP contribution is -2.27. The highest BCUT2D eigenvalue weighted by molar-refractivity contribution is 7.99. The van der Waals surface area contributed by atoms with Crippen LogP contribution in [0.5, 0.6) is 5.75 Å². The van der Waals surface area contributed by atoms with E-state index in [1.54, 1.807) is 6.07 Å². The van der Waals surface area contributed by atoms with Gasteiger partial charge >= 0.3 is 10.1 Å². The molecule has 0 saturated carbocycles. The van der Waals surface area contributed by atoms with Crippen molar-refractivity contribution in [3.05, 3.63) is 46.9 Å². The third-order valence-electron chi connectivity index (χ3n) is 4.69. The van der Waals surface area contributed by atoms with E-state index >= 15 is 0 Å². The van der Waals surface area contributed by atoms with E-state index in [1.165, 1.54) is 16.0 Å². The second-order valence-corrected chi connectivity index (χ2v) is 9.75. The van der Waals surface area contributed by atoms with Crippen LogP contribution in [0.4, 0.5) is 0 Å². The minimum absolute atomic E-state index is 0.409. The Labute approximate surface area is 166 Å². The Bertz CT molecular complexity index is 889. The van der Waals surface area contributed by atoms with Crippen molar-refractivity contribution >= 4 is 21.9 Å². The molecule has 0 aliphatic carbocycles. The second-order valence-electron chi connectivity index (χ2n) is 7.04. The highest BCUT2D eigenvalue weighted by atomic mass is 32.2. The summed E-state index contributed by atoms with van der Waals surface area (Å²) in [6.45, 7) is 7.10. The molecule has 0 N–H and O–H groups in total. The highest BCUT2D eigenvalue weighted by Gasteiger charge is 2.15. The summed E-state index contributed by atoms with van der Waals surface area (Å²) in [7, 11) is -3.48. The summed E-state index contributed by atoms with van der Waals surface area (Å²) in [4.78, 5) is 3.74. The number of nitrogens with zero attached hydrogens (tertiary/aromatic N) is 1. The van der Waals surface area contributed by atoms with E-state index in [-0.39, 0.29) is 0 Å². The number of benzene rings is 1. The van der Waals surface area contributed by atoms with Gasteiger partial charge in [-0.1, -0.05) is 6.07 Å². The van der Waals surface area contributed by atoms with E-state index in [4.69, 9.17) is 8.60 Å². The maximum atomic E-state index is 11.3. The molecule has 0 fully saturated rings. The van der Waals surface area contributed by atoms with Crippen molar-refractivity contribution in [2.45, 2.75) is 38.0 Å². The van der Waals surface area contributed by atoms with E-state index in [9.17, 15) is 8.42 Å². The molecule has 0 radical (unpaired) electrons. The minimum atomic E-state index is -3.48. The van der Waals surface area contributed by atoms with Crippen LogP contribution in [0.15, 0.2) is 33.6 Å². The van der Waals surface area contributed by atoms with Crippen molar-refractivity contribution in [1.82, 2.24) is 4.90 Å². The molecule has 1 aromatic carbocycles. The van der Waals surface area contributed by atoms with Crippen molar-refractivity contribution in [3.8, 4) is 5.75 Å². The van der Waals surface area contributed by atoms with Gasteiger partial charge in [0, 0.05) is 18.0 Å². The maximum absolute atomic E-state index is 11.3. The minimum Gasteiger partial charge on any atom is -0.465 e. The molecular formula is C20H27NO4S2. The van der Waals surface area contributed by atoms with Crippen LogP contribution in [-0.2, 0) is 23.0 Å². The van der Waals surface area contributed by atoms with Gasteiger partial charge in [0.15, 0.2) is 0 Å². The van der Waals surface area contributed by atoms with Gasteiger partial charge in [0.25, 0.3) is 0 Å². The molecule has 1 aliphatic rings. The Morgan fingerprint density at radius 1 is 1.15 bits per heavy atom. The molecular weight excluding hydrogens is 382 g/mol. The zero-order chi connectivity index (χ0) is 19.4. The molecule has 0 amide bonds. The summed E-state index contributed by atoms with van der Waals surface area (Å²) in [5, 5.41) is 0. The Balaban J connectivity index is 1.48. The van der Waals surface area contributed by atoms with E-state index in [0.29, 0.717) is 5.75 Å². The van der Waals surface area contributed by atoms with E-state index in [1.807, 2.05) is 37.7 Å². The van der Waals surface area contributed by atoms with Gasteiger partial charge in [0.05, 0.1) is 6.26 Å². The molecule has 148 valence electrons. The van der Waals surface area contributed by atoms with Crippen LogP contribution in [0.3, 0.4) is 0 Å². The topological polar surface area (TPSA) is 59.8 Å². The molecule has 3 rings (SSSR count). The van der Waals surface area contributed by atoms with Crippen molar-refractivity contribution < 1.29 is 17.0 Å². The fraction of sp³-hybridized carbons (Fsp3) is 0.500. The fourth-order valence-electron chi connectivity index (χ4n) is 3.42. The Kier molecular flexibility index (Phi) is 6.55. The number of hydrogen-bond donors (Lipinski definition) is 0. The largest absolute Gasteiger partial charge is 0.465 e. The molecule has 0 atom stereocenters. The third kappa shape index (κ3) is 6.02. The Hall–Kier alpha value is -1.44. The summed E-state index contributed by atoms with van der Waals surface area (Å²) in [6.07, 6.45) is 4.11. The van der Waals surface area contributed by atoms with Gasteiger partial charge in [0.2, 0.25) is 0 Å². The number of rotatable bonds is 7. The van der Waals surface area contributed by atoms with Crippen LogP contribution in [-0.4, -0.2) is 45.0 Å². The van der Waals surface area contributed by atoms with Gasteiger partial charge < -0.3 is 13.5 Å². The van der Waals surface area contributed by atoms with Crippen LogP contribution in [0.25, 0.3) is 0 Å². The van der Waals surface area contributed by atoms with Crippen molar-refractivity contribution in [1.29, 1.82) is 0 Å². The van der Waals surface area contributed by atoms with Gasteiger partial charge in [-0.15, -0.1) is 11.8 Å². The second kappa shape index (κ2) is 8.71. The predicted molar refractivity (Wildman–Crippen MR) is 109 cm³/mol. The van der Waals surface area contributed by atoms with Crippen molar-refractivity contribution in [3.63, 3.8) is 0 Å². The Morgan fingerprint density at radius 3 is 2.56 bits per heavy atom. The average molecular weight is 410 g/mol. The van der Waals surface area contributed by atoms with Crippen LogP contribution in [0, 0.1) is 13.8 Å². The lowest BCUT2D eigenvalue weighted by atomic mass is 10.0. The number of thioether (sulfide) groups is 1. The van der Waals surface area contributed by atoms with Gasteiger partial charge in [-0.2, -0.15) is 8.42 Å². The number of furan rings is 1. The average Bonchev–Trinajstić information content (AvgIpc) is 2.77. The van der Waals surface area contributed by atoms with Crippen LogP contribution in [0.2, 0.25) is 0 Å². The Morgan fingerprint density at radius 2 is 1.89 bits per heavy atom. The molecule has 0 bridgehead atoms. The van der Waals surface area contributed by atoms with Crippen LogP contribution in [0.1, 0.15) is 29.1 Å². The SMILES string of the molecule is Cc1cc(SCCCN2CCc3ccc(OS(C)(=O)=O)cc3CC2)c(C)o1. The smallest absolute Gasteiger partial charge is 0.306 e. The molecule has 2 heterocycles. The summed E-state index contributed by atoms with van der Waals surface area (Å²) >= 11 is 1.86. The fourth-order valence-corrected chi connectivity index (χ4v) is 4.86.